The summed E-state index contributed by atoms with van der Waals surface area (Å²) >= 11 is 0. The number of carbonyl (C=O) groups is 1. The van der Waals surface area contributed by atoms with Crippen LogP contribution in [0.15, 0.2) is 12.7 Å². The summed E-state index contributed by atoms with van der Waals surface area (Å²) in [5.74, 6) is -0.455. The molecule has 0 amide bonds. The van der Waals surface area contributed by atoms with Crippen molar-refractivity contribution in [1.29, 1.82) is 0 Å². The fourth-order valence-corrected chi connectivity index (χ4v) is 2.37. The Kier molecular flexibility index (Phi) is 30.9. The van der Waals surface area contributed by atoms with Gasteiger partial charge in [0.1, 0.15) is 6.61 Å². The molecule has 0 spiro atoms. The maximum absolute atomic E-state index is 10.8. The van der Waals surface area contributed by atoms with Crippen LogP contribution in [-0.2, 0) is 52.2 Å². The monoisotopic (exact) mass is 524 g/mol. The van der Waals surface area contributed by atoms with Gasteiger partial charge < -0.3 is 47.4 Å². The van der Waals surface area contributed by atoms with Gasteiger partial charge in [0.05, 0.1) is 112 Å². The molecule has 11 heteroatoms. The van der Waals surface area contributed by atoms with Gasteiger partial charge in [-0.2, -0.15) is 0 Å². The summed E-state index contributed by atoms with van der Waals surface area (Å²) in [7, 11) is 0. The van der Waals surface area contributed by atoms with Crippen LogP contribution in [0.1, 0.15) is 19.8 Å². The van der Waals surface area contributed by atoms with Gasteiger partial charge in [0.15, 0.2) is 0 Å². The van der Waals surface area contributed by atoms with E-state index < -0.39 is 5.97 Å². The van der Waals surface area contributed by atoms with E-state index in [1.807, 2.05) is 0 Å². The molecule has 0 aliphatic carbocycles. The number of hydrogen-bond donors (Lipinski definition) is 0. The first-order valence-electron chi connectivity index (χ1n) is 12.8. The van der Waals surface area contributed by atoms with Gasteiger partial charge in [-0.25, -0.2) is 4.79 Å². The summed E-state index contributed by atoms with van der Waals surface area (Å²) in [6, 6.07) is 0. The maximum Gasteiger partial charge on any atom is 0.330 e. The highest BCUT2D eigenvalue weighted by molar-refractivity contribution is 5.81. The zero-order valence-electron chi connectivity index (χ0n) is 22.1. The zero-order valence-corrected chi connectivity index (χ0v) is 22.1. The third kappa shape index (κ3) is 30.9. The molecule has 36 heavy (non-hydrogen) atoms. The predicted molar refractivity (Wildman–Crippen MR) is 133 cm³/mol. The van der Waals surface area contributed by atoms with Crippen LogP contribution in [0, 0.1) is 0 Å². The molecule has 0 aromatic rings. The van der Waals surface area contributed by atoms with E-state index in [0.717, 1.165) is 25.5 Å². The molecule has 0 saturated heterocycles. The minimum atomic E-state index is -0.455. The lowest BCUT2D eigenvalue weighted by molar-refractivity contribution is -0.139. The van der Waals surface area contributed by atoms with Crippen molar-refractivity contribution in [3.8, 4) is 0 Å². The number of hydrogen-bond acceptors (Lipinski definition) is 11. The van der Waals surface area contributed by atoms with Crippen LogP contribution in [0.2, 0.25) is 0 Å². The van der Waals surface area contributed by atoms with Crippen LogP contribution in [0.25, 0.3) is 0 Å². The molecule has 214 valence electrons. The fourth-order valence-electron chi connectivity index (χ4n) is 2.37. The van der Waals surface area contributed by atoms with Crippen LogP contribution in [0.5, 0.6) is 0 Å². The minimum absolute atomic E-state index is 0.204. The van der Waals surface area contributed by atoms with Gasteiger partial charge in [0, 0.05) is 12.7 Å². The van der Waals surface area contributed by atoms with Crippen LogP contribution in [0.4, 0.5) is 0 Å². The van der Waals surface area contributed by atoms with Crippen LogP contribution >= 0.6 is 0 Å². The molecule has 0 N–H and O–H groups in total. The Morgan fingerprint density at radius 2 is 0.722 bits per heavy atom. The highest BCUT2D eigenvalue weighted by Crippen LogP contribution is 1.89. The van der Waals surface area contributed by atoms with Crippen LogP contribution < -0.4 is 0 Å². The summed E-state index contributed by atoms with van der Waals surface area (Å²) in [6.07, 6.45) is 3.35. The summed E-state index contributed by atoms with van der Waals surface area (Å²) < 4.78 is 53.4. The van der Waals surface area contributed by atoms with Gasteiger partial charge in [-0.15, -0.1) is 0 Å². The predicted octanol–water partition coefficient (Wildman–Crippen LogP) is 1.67. The summed E-state index contributed by atoms with van der Waals surface area (Å²) in [6.45, 7) is 15.1. The summed E-state index contributed by atoms with van der Waals surface area (Å²) in [4.78, 5) is 10.8. The second kappa shape index (κ2) is 31.9. The zero-order chi connectivity index (χ0) is 26.2. The topological polar surface area (TPSA) is 109 Å². The third-order valence-corrected chi connectivity index (χ3v) is 4.26. The van der Waals surface area contributed by atoms with Crippen molar-refractivity contribution < 1.29 is 52.2 Å². The first-order chi connectivity index (χ1) is 17.8. The SMILES string of the molecule is C=CC(=O)OCCOCCOCCOCCOCCOCCOCCOCCOCCOCCCC. The van der Waals surface area contributed by atoms with Crippen molar-refractivity contribution in [3.05, 3.63) is 12.7 Å². The molecular weight excluding hydrogens is 476 g/mol. The summed E-state index contributed by atoms with van der Waals surface area (Å²) in [5.41, 5.74) is 0. The number of ether oxygens (including phenoxy) is 10. The number of carbonyl (C=O) groups excluding carboxylic acids is 1. The number of unbranched alkanes of at least 4 members (excludes halogenated alkanes) is 1. The van der Waals surface area contributed by atoms with Crippen molar-refractivity contribution in [2.24, 2.45) is 0 Å². The van der Waals surface area contributed by atoms with E-state index in [2.05, 4.69) is 13.5 Å². The molecule has 0 aliphatic rings. The van der Waals surface area contributed by atoms with E-state index in [4.69, 9.17) is 47.4 Å². The Morgan fingerprint density at radius 3 is 0.972 bits per heavy atom. The molecule has 0 atom stereocenters. The van der Waals surface area contributed by atoms with Gasteiger partial charge in [-0.1, -0.05) is 19.9 Å². The van der Waals surface area contributed by atoms with E-state index in [0.29, 0.717) is 112 Å². The lowest BCUT2D eigenvalue weighted by Crippen LogP contribution is -2.15. The molecule has 0 unspecified atom stereocenters. The highest BCUT2D eigenvalue weighted by Gasteiger charge is 1.97. The molecular formula is C25H48O11. The molecule has 11 nitrogen and oxygen atoms in total. The Bertz CT molecular complexity index is 452. The van der Waals surface area contributed by atoms with E-state index in [1.165, 1.54) is 0 Å². The van der Waals surface area contributed by atoms with Crippen LogP contribution in [-0.4, -0.2) is 132 Å². The van der Waals surface area contributed by atoms with E-state index in [-0.39, 0.29) is 6.61 Å². The Hall–Kier alpha value is -1.15. The standard InChI is InChI=1S/C25H48O11/c1-3-5-6-27-7-8-28-9-10-29-11-12-30-13-14-31-15-16-32-17-18-33-19-20-34-21-22-35-23-24-36-25(26)4-2/h4H,2-3,5-24H2,1H3. The lowest BCUT2D eigenvalue weighted by atomic mass is 10.4. The van der Waals surface area contributed by atoms with Crippen molar-refractivity contribution in [3.63, 3.8) is 0 Å². The maximum atomic E-state index is 10.8. The molecule has 0 rings (SSSR count). The highest BCUT2D eigenvalue weighted by atomic mass is 16.6. The first kappa shape index (κ1) is 34.9. The molecule has 0 aromatic carbocycles. The third-order valence-electron chi connectivity index (χ3n) is 4.26. The largest absolute Gasteiger partial charge is 0.460 e. The Morgan fingerprint density at radius 1 is 0.472 bits per heavy atom. The van der Waals surface area contributed by atoms with E-state index in [9.17, 15) is 4.79 Å². The average Bonchev–Trinajstić information content (AvgIpc) is 2.89. The Labute approximate surface area is 216 Å². The summed E-state index contributed by atoms with van der Waals surface area (Å²) in [5, 5.41) is 0. The van der Waals surface area contributed by atoms with Gasteiger partial charge >= 0.3 is 5.97 Å². The van der Waals surface area contributed by atoms with Crippen molar-refractivity contribution in [2.45, 2.75) is 19.8 Å². The van der Waals surface area contributed by atoms with Gasteiger partial charge in [0.25, 0.3) is 0 Å². The normalized spacial score (nSPS) is 11.1. The van der Waals surface area contributed by atoms with E-state index >= 15 is 0 Å². The number of esters is 1. The molecule has 0 aromatic heterocycles. The molecule has 0 bridgehead atoms. The fraction of sp³-hybridized carbons (Fsp3) is 0.880. The average molecular weight is 525 g/mol. The van der Waals surface area contributed by atoms with E-state index in [1.54, 1.807) is 0 Å². The van der Waals surface area contributed by atoms with Gasteiger partial charge in [-0.05, 0) is 6.42 Å². The molecule has 0 heterocycles. The van der Waals surface area contributed by atoms with Crippen molar-refractivity contribution in [2.75, 3.05) is 126 Å². The van der Waals surface area contributed by atoms with Crippen molar-refractivity contribution in [1.82, 2.24) is 0 Å². The smallest absolute Gasteiger partial charge is 0.330 e. The first-order valence-corrected chi connectivity index (χ1v) is 12.8. The Balaban J connectivity index is 3.03. The lowest BCUT2D eigenvalue weighted by Gasteiger charge is -2.09. The minimum Gasteiger partial charge on any atom is -0.460 e. The van der Waals surface area contributed by atoms with Crippen molar-refractivity contribution >= 4 is 5.97 Å². The molecule has 0 aliphatic heterocycles. The number of rotatable bonds is 31. The van der Waals surface area contributed by atoms with Crippen LogP contribution in [0.3, 0.4) is 0 Å². The van der Waals surface area contributed by atoms with Gasteiger partial charge in [-0.3, -0.25) is 0 Å². The van der Waals surface area contributed by atoms with Gasteiger partial charge in [0.2, 0.25) is 0 Å². The molecule has 0 radical (unpaired) electrons. The second-order valence-corrected chi connectivity index (χ2v) is 7.24. The molecule has 0 fully saturated rings. The molecule has 0 saturated carbocycles. The quantitative estimate of drug-likeness (QED) is 0.0750. The second-order valence-electron chi connectivity index (χ2n) is 7.24.